The lowest BCUT2D eigenvalue weighted by Gasteiger charge is -2.34. The van der Waals surface area contributed by atoms with Crippen molar-refractivity contribution in [3.8, 4) is 0 Å². The molecule has 3 aromatic heterocycles. The Hall–Kier alpha value is -3.00. The Balaban J connectivity index is 1.29. The van der Waals surface area contributed by atoms with Crippen molar-refractivity contribution in [2.45, 2.75) is 6.54 Å². The molecule has 0 saturated carbocycles. The summed E-state index contributed by atoms with van der Waals surface area (Å²) in [4.78, 5) is 18.1. The molecule has 1 aliphatic heterocycles. The second-order valence-corrected chi connectivity index (χ2v) is 6.54. The van der Waals surface area contributed by atoms with Crippen LogP contribution in [-0.2, 0) is 13.6 Å². The largest absolute Gasteiger partial charge is 0.439 e. The van der Waals surface area contributed by atoms with Crippen LogP contribution in [0.15, 0.2) is 41.2 Å². The number of para-hydroxylation sites is 2. The zero-order chi connectivity index (χ0) is 17.5. The molecule has 0 N–H and O–H groups in total. The Bertz CT molecular complexity index is 1030. The molecule has 0 spiro atoms. The summed E-state index contributed by atoms with van der Waals surface area (Å²) in [5.41, 5.74) is 2.63. The van der Waals surface area contributed by atoms with Crippen LogP contribution in [0, 0.1) is 0 Å². The van der Waals surface area contributed by atoms with Gasteiger partial charge in [0, 0.05) is 33.2 Å². The van der Waals surface area contributed by atoms with Gasteiger partial charge in [-0.25, -0.2) is 15.0 Å². The second kappa shape index (κ2) is 6.06. The van der Waals surface area contributed by atoms with E-state index in [0.29, 0.717) is 0 Å². The van der Waals surface area contributed by atoms with Crippen LogP contribution in [-0.4, -0.2) is 55.8 Å². The van der Waals surface area contributed by atoms with E-state index in [-0.39, 0.29) is 0 Å². The molecular weight excluding hydrogens is 330 g/mol. The Morgan fingerprint density at radius 1 is 1.08 bits per heavy atom. The van der Waals surface area contributed by atoms with Crippen molar-refractivity contribution >= 4 is 28.0 Å². The minimum atomic E-state index is 0.731. The van der Waals surface area contributed by atoms with Crippen molar-refractivity contribution in [1.82, 2.24) is 29.6 Å². The van der Waals surface area contributed by atoms with Gasteiger partial charge >= 0.3 is 0 Å². The zero-order valence-electron chi connectivity index (χ0n) is 14.5. The Morgan fingerprint density at radius 2 is 1.92 bits per heavy atom. The van der Waals surface area contributed by atoms with E-state index in [2.05, 4.69) is 29.9 Å². The van der Waals surface area contributed by atoms with E-state index >= 15 is 0 Å². The Labute approximate surface area is 150 Å². The molecule has 0 unspecified atom stereocenters. The first-order valence-electron chi connectivity index (χ1n) is 8.72. The number of piperazine rings is 1. The quantitative estimate of drug-likeness (QED) is 0.558. The molecule has 26 heavy (non-hydrogen) atoms. The Kier molecular flexibility index (Phi) is 3.56. The Morgan fingerprint density at radius 3 is 2.77 bits per heavy atom. The predicted octanol–water partition coefficient (Wildman–Crippen LogP) is 1.83. The lowest BCUT2D eigenvalue weighted by Crippen LogP contribution is -2.46. The van der Waals surface area contributed by atoms with Gasteiger partial charge in [0.05, 0.1) is 18.1 Å². The van der Waals surface area contributed by atoms with Crippen LogP contribution in [0.25, 0.3) is 22.1 Å². The van der Waals surface area contributed by atoms with Gasteiger partial charge in [0.2, 0.25) is 5.89 Å². The maximum absolute atomic E-state index is 5.84. The van der Waals surface area contributed by atoms with E-state index in [1.54, 1.807) is 11.0 Å². The second-order valence-electron chi connectivity index (χ2n) is 6.54. The van der Waals surface area contributed by atoms with Crippen LogP contribution in [0.1, 0.15) is 5.89 Å². The maximum Gasteiger partial charge on any atom is 0.209 e. The number of hydrogen-bond acceptors (Lipinski definition) is 7. The summed E-state index contributed by atoms with van der Waals surface area (Å²) in [6, 6.07) is 7.89. The molecule has 0 radical (unpaired) electrons. The van der Waals surface area contributed by atoms with Gasteiger partial charge in [0.25, 0.3) is 0 Å². The molecule has 5 rings (SSSR count). The van der Waals surface area contributed by atoms with Crippen molar-refractivity contribution < 1.29 is 4.42 Å². The van der Waals surface area contributed by atoms with E-state index in [4.69, 9.17) is 4.42 Å². The van der Waals surface area contributed by atoms with Gasteiger partial charge in [-0.2, -0.15) is 5.10 Å². The number of rotatable bonds is 3. The van der Waals surface area contributed by atoms with E-state index in [1.807, 2.05) is 37.5 Å². The molecule has 4 aromatic rings. The van der Waals surface area contributed by atoms with Gasteiger partial charge in [0.1, 0.15) is 17.7 Å². The highest BCUT2D eigenvalue weighted by atomic mass is 16.3. The molecule has 8 nitrogen and oxygen atoms in total. The van der Waals surface area contributed by atoms with E-state index < -0.39 is 0 Å². The van der Waals surface area contributed by atoms with Crippen molar-refractivity contribution in [3.63, 3.8) is 0 Å². The summed E-state index contributed by atoms with van der Waals surface area (Å²) >= 11 is 0. The number of benzene rings is 1. The topological polar surface area (TPSA) is 76.1 Å². The summed E-state index contributed by atoms with van der Waals surface area (Å²) in [5, 5.41) is 5.30. The summed E-state index contributed by atoms with van der Waals surface area (Å²) in [7, 11) is 1.90. The van der Waals surface area contributed by atoms with Crippen LogP contribution >= 0.6 is 0 Å². The van der Waals surface area contributed by atoms with E-state index in [0.717, 1.165) is 66.6 Å². The fraction of sp³-hybridized carbons (Fsp3) is 0.333. The molecule has 4 heterocycles. The van der Waals surface area contributed by atoms with Gasteiger partial charge in [-0.3, -0.25) is 9.58 Å². The summed E-state index contributed by atoms with van der Waals surface area (Å²) in [6.07, 6.45) is 3.46. The summed E-state index contributed by atoms with van der Waals surface area (Å²) in [6.45, 7) is 4.41. The van der Waals surface area contributed by atoms with Crippen molar-refractivity contribution in [2.75, 3.05) is 31.1 Å². The van der Waals surface area contributed by atoms with Gasteiger partial charge in [-0.15, -0.1) is 0 Å². The van der Waals surface area contributed by atoms with Gasteiger partial charge in [-0.1, -0.05) is 12.1 Å². The van der Waals surface area contributed by atoms with E-state index in [9.17, 15) is 0 Å². The van der Waals surface area contributed by atoms with Gasteiger partial charge in [-0.05, 0) is 12.1 Å². The smallest absolute Gasteiger partial charge is 0.209 e. The normalized spacial score (nSPS) is 16.0. The van der Waals surface area contributed by atoms with Crippen LogP contribution in [0.3, 0.4) is 0 Å². The number of aromatic nitrogens is 5. The number of hydrogen-bond donors (Lipinski definition) is 0. The predicted molar refractivity (Wildman–Crippen MR) is 97.8 cm³/mol. The number of nitrogens with zero attached hydrogens (tertiary/aromatic N) is 7. The maximum atomic E-state index is 5.84. The molecule has 1 fully saturated rings. The molecule has 1 saturated heterocycles. The molecular formula is C18H19N7O. The third-order valence-electron chi connectivity index (χ3n) is 4.88. The van der Waals surface area contributed by atoms with Crippen molar-refractivity contribution in [2.24, 2.45) is 7.05 Å². The zero-order valence-corrected chi connectivity index (χ0v) is 14.5. The molecule has 8 heteroatoms. The first kappa shape index (κ1) is 15.3. The molecule has 0 amide bonds. The third kappa shape index (κ3) is 2.59. The SMILES string of the molecule is Cn1ncc2c(N3CCN(Cc4nc5ccccc5o4)CC3)ncnc21. The molecule has 0 atom stereocenters. The summed E-state index contributed by atoms with van der Waals surface area (Å²) < 4.78 is 7.63. The molecule has 1 aliphatic rings. The lowest BCUT2D eigenvalue weighted by atomic mass is 10.3. The highest BCUT2D eigenvalue weighted by molar-refractivity contribution is 5.86. The average molecular weight is 349 g/mol. The van der Waals surface area contributed by atoms with Crippen molar-refractivity contribution in [3.05, 3.63) is 42.7 Å². The van der Waals surface area contributed by atoms with Crippen LogP contribution in [0.4, 0.5) is 5.82 Å². The number of fused-ring (bicyclic) bond motifs is 2. The fourth-order valence-electron chi connectivity index (χ4n) is 3.50. The minimum Gasteiger partial charge on any atom is -0.439 e. The fourth-order valence-corrected chi connectivity index (χ4v) is 3.50. The monoisotopic (exact) mass is 349 g/mol. The standard InChI is InChI=1S/C18H19N7O/c1-23-17-13(10-21-23)18(20-12-19-17)25-8-6-24(7-9-25)11-16-22-14-4-2-3-5-15(14)26-16/h2-5,10,12H,6-9,11H2,1H3. The van der Waals surface area contributed by atoms with Gasteiger partial charge in [0.15, 0.2) is 11.2 Å². The molecule has 0 aliphatic carbocycles. The molecule has 0 bridgehead atoms. The highest BCUT2D eigenvalue weighted by Crippen LogP contribution is 2.24. The lowest BCUT2D eigenvalue weighted by molar-refractivity contribution is 0.228. The van der Waals surface area contributed by atoms with Crippen LogP contribution in [0.5, 0.6) is 0 Å². The van der Waals surface area contributed by atoms with Crippen molar-refractivity contribution in [1.29, 1.82) is 0 Å². The minimum absolute atomic E-state index is 0.731. The number of aryl methyl sites for hydroxylation is 1. The van der Waals surface area contributed by atoms with Crippen LogP contribution in [0.2, 0.25) is 0 Å². The average Bonchev–Trinajstić information content (AvgIpc) is 3.25. The number of oxazole rings is 1. The first-order chi connectivity index (χ1) is 12.8. The third-order valence-corrected chi connectivity index (χ3v) is 4.88. The first-order valence-corrected chi connectivity index (χ1v) is 8.72. The van der Waals surface area contributed by atoms with Crippen LogP contribution < -0.4 is 4.90 Å². The highest BCUT2D eigenvalue weighted by Gasteiger charge is 2.22. The van der Waals surface area contributed by atoms with Gasteiger partial charge < -0.3 is 9.32 Å². The molecule has 1 aromatic carbocycles. The summed E-state index contributed by atoms with van der Waals surface area (Å²) in [5.74, 6) is 1.74. The number of anilines is 1. The van der Waals surface area contributed by atoms with E-state index in [1.165, 1.54) is 0 Å². The molecule has 132 valence electrons.